The maximum atomic E-state index is 4.92. The molecule has 2 fully saturated rings. The second kappa shape index (κ2) is 6.59. The summed E-state index contributed by atoms with van der Waals surface area (Å²) < 4.78 is 2.41. The summed E-state index contributed by atoms with van der Waals surface area (Å²) in [5.41, 5.74) is 2.14. The van der Waals surface area contributed by atoms with E-state index in [4.69, 9.17) is 4.98 Å². The second-order valence-corrected chi connectivity index (χ2v) is 7.83. The molecule has 4 rings (SSSR count). The van der Waals surface area contributed by atoms with Crippen molar-refractivity contribution in [2.24, 2.45) is 11.8 Å². The third-order valence-electron chi connectivity index (χ3n) is 5.00. The molecule has 2 aromatic heterocycles. The molecule has 2 aliphatic heterocycles. The Kier molecular flexibility index (Phi) is 4.35. The summed E-state index contributed by atoms with van der Waals surface area (Å²) in [6.45, 7) is 3.35. The van der Waals surface area contributed by atoms with E-state index in [-0.39, 0.29) is 0 Å². The summed E-state index contributed by atoms with van der Waals surface area (Å²) in [4.78, 5) is 9.53. The molecule has 22 heavy (non-hydrogen) atoms. The molecule has 0 radical (unpaired) electrons. The summed E-state index contributed by atoms with van der Waals surface area (Å²) in [5.74, 6) is 5.42. The van der Waals surface area contributed by atoms with Crippen LogP contribution >= 0.6 is 11.8 Å². The molecule has 5 heteroatoms. The normalized spacial score (nSPS) is 23.4. The minimum Gasteiger partial charge on any atom is -0.316 e. The van der Waals surface area contributed by atoms with Crippen LogP contribution in [0.1, 0.15) is 25.1 Å². The van der Waals surface area contributed by atoms with E-state index in [1.807, 2.05) is 12.3 Å². The molecule has 0 aromatic carbocycles. The standard InChI is InChI=1S/C17H24N4S/c1-2-15-17(19-6-1)21(12-14-3-7-18-11-14)16(20-15)10-13-4-8-22-9-5-13/h1-2,6,13-14,18H,3-5,7-12H2. The molecular weight excluding hydrogens is 292 g/mol. The van der Waals surface area contributed by atoms with Crippen LogP contribution in [-0.4, -0.2) is 39.1 Å². The SMILES string of the molecule is c1cnc2c(c1)nc(CC1CCSCC1)n2CC1CCNC1. The molecule has 0 spiro atoms. The van der Waals surface area contributed by atoms with E-state index in [0.717, 1.165) is 49.1 Å². The molecule has 4 nitrogen and oxygen atoms in total. The Morgan fingerprint density at radius 3 is 2.95 bits per heavy atom. The van der Waals surface area contributed by atoms with Crippen molar-refractivity contribution in [3.63, 3.8) is 0 Å². The second-order valence-electron chi connectivity index (χ2n) is 6.60. The first kappa shape index (κ1) is 14.5. The van der Waals surface area contributed by atoms with Crippen LogP contribution in [0.4, 0.5) is 0 Å². The third kappa shape index (κ3) is 3.01. The fourth-order valence-corrected chi connectivity index (χ4v) is 4.89. The Morgan fingerprint density at radius 1 is 1.23 bits per heavy atom. The quantitative estimate of drug-likeness (QED) is 0.942. The topological polar surface area (TPSA) is 42.7 Å². The van der Waals surface area contributed by atoms with Crippen LogP contribution < -0.4 is 5.32 Å². The van der Waals surface area contributed by atoms with Crippen LogP contribution in [0.3, 0.4) is 0 Å². The highest BCUT2D eigenvalue weighted by molar-refractivity contribution is 7.99. The van der Waals surface area contributed by atoms with Crippen LogP contribution in [0.25, 0.3) is 11.2 Å². The molecule has 1 unspecified atom stereocenters. The number of hydrogen-bond acceptors (Lipinski definition) is 4. The lowest BCUT2D eigenvalue weighted by atomic mass is 9.98. The lowest BCUT2D eigenvalue weighted by Crippen LogP contribution is -2.19. The number of imidazole rings is 1. The van der Waals surface area contributed by atoms with Crippen molar-refractivity contribution in [3.8, 4) is 0 Å². The number of nitrogens with one attached hydrogen (secondary N) is 1. The minimum absolute atomic E-state index is 0.722. The molecule has 0 amide bonds. The summed E-state index contributed by atoms with van der Waals surface area (Å²) >= 11 is 2.10. The molecule has 0 saturated carbocycles. The number of thioether (sulfide) groups is 1. The van der Waals surface area contributed by atoms with E-state index in [9.17, 15) is 0 Å². The van der Waals surface area contributed by atoms with Crippen LogP contribution in [0, 0.1) is 11.8 Å². The van der Waals surface area contributed by atoms with E-state index in [0.29, 0.717) is 0 Å². The highest BCUT2D eigenvalue weighted by Gasteiger charge is 2.22. The third-order valence-corrected chi connectivity index (χ3v) is 6.05. The molecule has 118 valence electrons. The van der Waals surface area contributed by atoms with E-state index in [2.05, 4.69) is 32.7 Å². The van der Waals surface area contributed by atoms with Crippen molar-refractivity contribution in [2.75, 3.05) is 24.6 Å². The van der Waals surface area contributed by atoms with Crippen molar-refractivity contribution in [1.29, 1.82) is 0 Å². The zero-order chi connectivity index (χ0) is 14.8. The zero-order valence-electron chi connectivity index (χ0n) is 13.0. The van der Waals surface area contributed by atoms with Gasteiger partial charge in [-0.05, 0) is 67.8 Å². The van der Waals surface area contributed by atoms with Gasteiger partial charge in [0.2, 0.25) is 0 Å². The highest BCUT2D eigenvalue weighted by Crippen LogP contribution is 2.27. The van der Waals surface area contributed by atoms with Crippen LogP contribution in [-0.2, 0) is 13.0 Å². The molecule has 1 N–H and O–H groups in total. The highest BCUT2D eigenvalue weighted by atomic mass is 32.2. The van der Waals surface area contributed by atoms with Gasteiger partial charge in [-0.2, -0.15) is 11.8 Å². The van der Waals surface area contributed by atoms with Crippen LogP contribution in [0.2, 0.25) is 0 Å². The average Bonchev–Trinajstić information content (AvgIpc) is 3.18. The van der Waals surface area contributed by atoms with Crippen molar-refractivity contribution in [1.82, 2.24) is 19.9 Å². The molecule has 2 aromatic rings. The van der Waals surface area contributed by atoms with Gasteiger partial charge in [0.15, 0.2) is 5.65 Å². The van der Waals surface area contributed by atoms with E-state index < -0.39 is 0 Å². The lowest BCUT2D eigenvalue weighted by Gasteiger charge is -2.22. The van der Waals surface area contributed by atoms with Crippen molar-refractivity contribution >= 4 is 22.9 Å². The van der Waals surface area contributed by atoms with Gasteiger partial charge in [-0.3, -0.25) is 0 Å². The first-order valence-corrected chi connectivity index (χ1v) is 9.64. The van der Waals surface area contributed by atoms with Crippen molar-refractivity contribution in [2.45, 2.75) is 32.2 Å². The summed E-state index contributed by atoms with van der Waals surface area (Å²) in [7, 11) is 0. The number of aromatic nitrogens is 3. The summed E-state index contributed by atoms with van der Waals surface area (Å²) in [5, 5.41) is 3.48. The first-order valence-electron chi connectivity index (χ1n) is 8.49. The molecule has 0 bridgehead atoms. The van der Waals surface area contributed by atoms with Gasteiger partial charge >= 0.3 is 0 Å². The van der Waals surface area contributed by atoms with Gasteiger partial charge in [0.25, 0.3) is 0 Å². The predicted molar refractivity (Wildman–Crippen MR) is 92.3 cm³/mol. The van der Waals surface area contributed by atoms with E-state index >= 15 is 0 Å². The molecule has 4 heterocycles. The van der Waals surface area contributed by atoms with Gasteiger partial charge in [0.05, 0.1) is 0 Å². The fourth-order valence-electron chi connectivity index (χ4n) is 3.69. The Hall–Kier alpha value is -1.07. The Labute approximate surface area is 136 Å². The fraction of sp³-hybridized carbons (Fsp3) is 0.647. The maximum Gasteiger partial charge on any atom is 0.159 e. The van der Waals surface area contributed by atoms with Crippen molar-refractivity contribution < 1.29 is 0 Å². The smallest absolute Gasteiger partial charge is 0.159 e. The molecular formula is C17H24N4S. The van der Waals surface area contributed by atoms with Gasteiger partial charge in [-0.25, -0.2) is 9.97 Å². The number of rotatable bonds is 4. The number of nitrogens with zero attached hydrogens (tertiary/aromatic N) is 3. The summed E-state index contributed by atoms with van der Waals surface area (Å²) in [6, 6.07) is 4.10. The van der Waals surface area contributed by atoms with Gasteiger partial charge in [-0.1, -0.05) is 0 Å². The largest absolute Gasteiger partial charge is 0.316 e. The Balaban J connectivity index is 1.62. The maximum absolute atomic E-state index is 4.92. The van der Waals surface area contributed by atoms with Gasteiger partial charge < -0.3 is 9.88 Å². The molecule has 1 atom stereocenters. The van der Waals surface area contributed by atoms with E-state index in [1.165, 1.54) is 36.6 Å². The first-order chi connectivity index (χ1) is 10.9. The summed E-state index contributed by atoms with van der Waals surface area (Å²) in [6.07, 6.45) is 6.97. The number of hydrogen-bond donors (Lipinski definition) is 1. The average molecular weight is 316 g/mol. The van der Waals surface area contributed by atoms with Gasteiger partial charge in [0, 0.05) is 19.2 Å². The van der Waals surface area contributed by atoms with Gasteiger partial charge in [0.1, 0.15) is 11.3 Å². The van der Waals surface area contributed by atoms with Crippen molar-refractivity contribution in [3.05, 3.63) is 24.2 Å². The monoisotopic (exact) mass is 316 g/mol. The Bertz CT molecular complexity index is 627. The van der Waals surface area contributed by atoms with Crippen LogP contribution in [0.5, 0.6) is 0 Å². The minimum atomic E-state index is 0.722. The molecule has 0 aliphatic carbocycles. The van der Waals surface area contributed by atoms with E-state index in [1.54, 1.807) is 0 Å². The number of fused-ring (bicyclic) bond motifs is 1. The predicted octanol–water partition coefficient (Wildman–Crippen LogP) is 2.73. The molecule has 2 saturated heterocycles. The number of pyridine rings is 1. The van der Waals surface area contributed by atoms with Crippen LogP contribution in [0.15, 0.2) is 18.3 Å². The lowest BCUT2D eigenvalue weighted by molar-refractivity contribution is 0.436. The zero-order valence-corrected chi connectivity index (χ0v) is 13.8. The molecule has 2 aliphatic rings. The van der Waals surface area contributed by atoms with Gasteiger partial charge in [-0.15, -0.1) is 0 Å². The Morgan fingerprint density at radius 2 is 2.14 bits per heavy atom.